The van der Waals surface area contributed by atoms with Gasteiger partial charge in [0.15, 0.2) is 0 Å². The summed E-state index contributed by atoms with van der Waals surface area (Å²) in [5, 5.41) is 2.80. The van der Waals surface area contributed by atoms with Gasteiger partial charge >= 0.3 is 5.97 Å². The summed E-state index contributed by atoms with van der Waals surface area (Å²) in [7, 11) is 1.31. The molecule has 0 saturated heterocycles. The van der Waals surface area contributed by atoms with Crippen LogP contribution in [-0.2, 0) is 14.3 Å². The minimum atomic E-state index is -0.887. The Labute approximate surface area is 84.0 Å². The number of rotatable bonds is 2. The van der Waals surface area contributed by atoms with E-state index in [1.807, 2.05) is 20.8 Å². The lowest BCUT2D eigenvalue weighted by atomic mass is 10.0. The van der Waals surface area contributed by atoms with E-state index in [0.717, 1.165) is 0 Å². The molecule has 0 aromatic heterocycles. The fourth-order valence-corrected chi connectivity index (χ4v) is 1.30. The van der Waals surface area contributed by atoms with Gasteiger partial charge in [0.05, 0.1) is 7.11 Å². The van der Waals surface area contributed by atoms with Gasteiger partial charge in [-0.1, -0.05) is 0 Å². The molecule has 1 rings (SSSR count). The Hall–Kier alpha value is -1.06. The predicted molar refractivity (Wildman–Crippen MR) is 51.6 cm³/mol. The Morgan fingerprint density at radius 2 is 1.79 bits per heavy atom. The third-order valence-corrected chi connectivity index (χ3v) is 2.25. The molecule has 0 bridgehead atoms. The molecule has 1 fully saturated rings. The minimum absolute atomic E-state index is 0.211. The van der Waals surface area contributed by atoms with Gasteiger partial charge in [0.25, 0.3) is 0 Å². The highest BCUT2D eigenvalue weighted by Gasteiger charge is 2.58. The van der Waals surface area contributed by atoms with E-state index < -0.39 is 11.4 Å². The van der Waals surface area contributed by atoms with Crippen LogP contribution >= 0.6 is 0 Å². The second-order valence-electron chi connectivity index (χ2n) is 4.78. The number of esters is 1. The zero-order valence-electron chi connectivity index (χ0n) is 9.14. The lowest BCUT2D eigenvalue weighted by Crippen LogP contribution is -2.47. The van der Waals surface area contributed by atoms with Gasteiger partial charge in [0.2, 0.25) is 5.91 Å². The lowest BCUT2D eigenvalue weighted by Gasteiger charge is -2.23. The third kappa shape index (κ3) is 2.05. The molecule has 14 heavy (non-hydrogen) atoms. The second-order valence-corrected chi connectivity index (χ2v) is 4.78. The van der Waals surface area contributed by atoms with Crippen LogP contribution in [0.5, 0.6) is 0 Å². The standard InChI is InChI=1S/C10H17NO3/c1-9(2,3)11-7(12)10(5-6-10)8(13)14-4/h5-6H2,1-4H3,(H,11,12). The first-order valence-corrected chi connectivity index (χ1v) is 4.73. The molecule has 0 aromatic rings. The Balaban J connectivity index is 2.66. The number of ether oxygens (including phenoxy) is 1. The van der Waals surface area contributed by atoms with Crippen molar-refractivity contribution in [2.75, 3.05) is 7.11 Å². The average molecular weight is 199 g/mol. The molecule has 0 heterocycles. The molecule has 4 heteroatoms. The van der Waals surface area contributed by atoms with Gasteiger partial charge in [0.1, 0.15) is 5.41 Å². The number of methoxy groups -OCH3 is 1. The molecular formula is C10H17NO3. The summed E-state index contributed by atoms with van der Waals surface area (Å²) < 4.78 is 4.61. The van der Waals surface area contributed by atoms with Gasteiger partial charge in [-0.05, 0) is 33.6 Å². The van der Waals surface area contributed by atoms with E-state index >= 15 is 0 Å². The molecule has 1 saturated carbocycles. The smallest absolute Gasteiger partial charge is 0.321 e. The van der Waals surface area contributed by atoms with Crippen LogP contribution in [0.3, 0.4) is 0 Å². The number of amides is 1. The normalized spacial score (nSPS) is 18.6. The molecule has 0 spiro atoms. The first kappa shape index (κ1) is 11.0. The fraction of sp³-hybridized carbons (Fsp3) is 0.800. The molecule has 0 aliphatic heterocycles. The zero-order chi connectivity index (χ0) is 11.0. The number of carbonyl (C=O) groups is 2. The number of carbonyl (C=O) groups excluding carboxylic acids is 2. The van der Waals surface area contributed by atoms with Crippen molar-refractivity contribution in [3.63, 3.8) is 0 Å². The Morgan fingerprint density at radius 3 is 2.07 bits per heavy atom. The average Bonchev–Trinajstić information content (AvgIpc) is 2.80. The molecule has 0 aromatic carbocycles. The zero-order valence-corrected chi connectivity index (χ0v) is 9.14. The fourth-order valence-electron chi connectivity index (χ4n) is 1.30. The lowest BCUT2D eigenvalue weighted by molar-refractivity contribution is -0.152. The SMILES string of the molecule is COC(=O)C1(C(=O)NC(C)(C)C)CC1. The van der Waals surface area contributed by atoms with Crippen molar-refractivity contribution < 1.29 is 14.3 Å². The predicted octanol–water partition coefficient (Wildman–Crippen LogP) is 0.854. The van der Waals surface area contributed by atoms with Crippen molar-refractivity contribution in [3.05, 3.63) is 0 Å². The minimum Gasteiger partial charge on any atom is -0.468 e. The molecule has 1 N–H and O–H groups in total. The van der Waals surface area contributed by atoms with E-state index in [2.05, 4.69) is 10.1 Å². The van der Waals surface area contributed by atoms with Gasteiger partial charge in [-0.3, -0.25) is 9.59 Å². The molecule has 0 unspecified atom stereocenters. The first-order chi connectivity index (χ1) is 6.32. The molecule has 4 nitrogen and oxygen atoms in total. The summed E-state index contributed by atoms with van der Waals surface area (Å²) in [6.07, 6.45) is 1.20. The monoisotopic (exact) mass is 199 g/mol. The summed E-state index contributed by atoms with van der Waals surface area (Å²) in [4.78, 5) is 23.1. The summed E-state index contributed by atoms with van der Waals surface area (Å²) in [5.74, 6) is -0.629. The Morgan fingerprint density at radius 1 is 1.29 bits per heavy atom. The third-order valence-electron chi connectivity index (χ3n) is 2.25. The van der Waals surface area contributed by atoms with Gasteiger partial charge in [-0.25, -0.2) is 0 Å². The van der Waals surface area contributed by atoms with Gasteiger partial charge < -0.3 is 10.1 Å². The largest absolute Gasteiger partial charge is 0.468 e. The van der Waals surface area contributed by atoms with Crippen LogP contribution in [0.25, 0.3) is 0 Å². The maximum Gasteiger partial charge on any atom is 0.321 e. The molecule has 80 valence electrons. The van der Waals surface area contributed by atoms with E-state index in [-0.39, 0.29) is 11.4 Å². The number of nitrogens with one attached hydrogen (secondary N) is 1. The Kier molecular flexibility index (Phi) is 2.56. The molecule has 0 radical (unpaired) electrons. The van der Waals surface area contributed by atoms with Gasteiger partial charge in [-0.2, -0.15) is 0 Å². The summed E-state index contributed by atoms with van der Waals surface area (Å²) in [5.41, 5.74) is -1.19. The highest BCUT2D eigenvalue weighted by Crippen LogP contribution is 2.47. The highest BCUT2D eigenvalue weighted by molar-refractivity contribution is 6.05. The maximum atomic E-state index is 11.7. The van der Waals surface area contributed by atoms with Crippen molar-refractivity contribution in [1.29, 1.82) is 0 Å². The van der Waals surface area contributed by atoms with Crippen LogP contribution in [0.15, 0.2) is 0 Å². The number of hydrogen-bond donors (Lipinski definition) is 1. The van der Waals surface area contributed by atoms with Crippen LogP contribution in [0, 0.1) is 5.41 Å². The maximum absolute atomic E-state index is 11.7. The quantitative estimate of drug-likeness (QED) is 0.530. The summed E-state index contributed by atoms with van der Waals surface area (Å²) in [6.45, 7) is 5.66. The summed E-state index contributed by atoms with van der Waals surface area (Å²) >= 11 is 0. The van der Waals surface area contributed by atoms with Gasteiger partial charge in [0, 0.05) is 5.54 Å². The molecular weight excluding hydrogens is 182 g/mol. The van der Waals surface area contributed by atoms with E-state index in [1.165, 1.54) is 7.11 Å². The van der Waals surface area contributed by atoms with Crippen LogP contribution in [-0.4, -0.2) is 24.5 Å². The van der Waals surface area contributed by atoms with Crippen molar-refractivity contribution in [1.82, 2.24) is 5.32 Å². The van der Waals surface area contributed by atoms with Crippen molar-refractivity contribution in [2.24, 2.45) is 5.41 Å². The topological polar surface area (TPSA) is 55.4 Å². The van der Waals surface area contributed by atoms with E-state index in [4.69, 9.17) is 0 Å². The first-order valence-electron chi connectivity index (χ1n) is 4.73. The molecule has 1 amide bonds. The number of hydrogen-bond acceptors (Lipinski definition) is 3. The molecule has 1 aliphatic rings. The van der Waals surface area contributed by atoms with Crippen LogP contribution in [0.2, 0.25) is 0 Å². The Bertz CT molecular complexity index is 261. The van der Waals surface area contributed by atoms with E-state index in [0.29, 0.717) is 12.8 Å². The van der Waals surface area contributed by atoms with Gasteiger partial charge in [-0.15, -0.1) is 0 Å². The van der Waals surface area contributed by atoms with E-state index in [9.17, 15) is 9.59 Å². The van der Waals surface area contributed by atoms with E-state index in [1.54, 1.807) is 0 Å². The highest BCUT2D eigenvalue weighted by atomic mass is 16.5. The van der Waals surface area contributed by atoms with Crippen molar-refractivity contribution in [3.8, 4) is 0 Å². The van der Waals surface area contributed by atoms with Crippen LogP contribution < -0.4 is 5.32 Å². The molecule has 1 aliphatic carbocycles. The van der Waals surface area contributed by atoms with Crippen molar-refractivity contribution >= 4 is 11.9 Å². The van der Waals surface area contributed by atoms with Crippen molar-refractivity contribution in [2.45, 2.75) is 39.2 Å². The second kappa shape index (κ2) is 3.26. The van der Waals surface area contributed by atoms with Crippen LogP contribution in [0.4, 0.5) is 0 Å². The molecule has 0 atom stereocenters. The van der Waals surface area contributed by atoms with Crippen LogP contribution in [0.1, 0.15) is 33.6 Å². The summed E-state index contributed by atoms with van der Waals surface area (Å²) in [6, 6.07) is 0.